The molecule has 11 heteroatoms. The van der Waals surface area contributed by atoms with Crippen LogP contribution in [0.4, 0.5) is 22.0 Å². The van der Waals surface area contributed by atoms with E-state index in [9.17, 15) is 31.9 Å². The highest BCUT2D eigenvalue weighted by Gasteiger charge is 2.61. The van der Waals surface area contributed by atoms with Gasteiger partial charge in [-0.25, -0.2) is 0 Å². The Balaban J connectivity index is 1.97. The van der Waals surface area contributed by atoms with Gasteiger partial charge in [0, 0.05) is 22.5 Å². The summed E-state index contributed by atoms with van der Waals surface area (Å²) in [4.78, 5) is 12.7. The Bertz CT molecular complexity index is 1040. The molecule has 0 amide bonds. The molecule has 4 nitrogen and oxygen atoms in total. The summed E-state index contributed by atoms with van der Waals surface area (Å²) in [5.41, 5.74) is 0.629. The van der Waals surface area contributed by atoms with Gasteiger partial charge in [-0.05, 0) is 25.1 Å². The molecule has 3 aromatic rings. The number of carbonyl (C=O) groups is 1. The van der Waals surface area contributed by atoms with Crippen LogP contribution >= 0.6 is 22.9 Å². The van der Waals surface area contributed by atoms with Crippen molar-refractivity contribution >= 4 is 39.7 Å². The lowest BCUT2D eigenvalue weighted by Gasteiger charge is -2.18. The van der Waals surface area contributed by atoms with Crippen LogP contribution in [0.3, 0.4) is 0 Å². The molecule has 2 heterocycles. The normalized spacial score (nSPS) is 12.6. The summed E-state index contributed by atoms with van der Waals surface area (Å²) in [6.07, 6.45) is -11.3. The number of carbonyl (C=O) groups excluding carboxylic acids is 1. The molecule has 0 spiro atoms. The number of benzene rings is 1. The molecule has 27 heavy (non-hydrogen) atoms. The summed E-state index contributed by atoms with van der Waals surface area (Å²) in [6.45, 7) is 1.58. The SMILES string of the molecule is Cc1cc2c(Cl)c(O)ccc2n1C(=O)c1csc(OC(F)(F)C(F)(F)F)c1. The number of aryl methyl sites for hydroxylation is 1. The number of alkyl halides is 5. The van der Waals surface area contributed by atoms with E-state index in [0.29, 0.717) is 27.9 Å². The van der Waals surface area contributed by atoms with E-state index in [-0.39, 0.29) is 16.3 Å². The van der Waals surface area contributed by atoms with E-state index in [2.05, 4.69) is 4.74 Å². The topological polar surface area (TPSA) is 51.5 Å². The molecule has 3 rings (SSSR count). The molecule has 2 aromatic heterocycles. The molecule has 0 aliphatic rings. The van der Waals surface area contributed by atoms with Crippen LogP contribution in [0.5, 0.6) is 10.8 Å². The van der Waals surface area contributed by atoms with Gasteiger partial charge in [-0.1, -0.05) is 11.6 Å². The van der Waals surface area contributed by atoms with Gasteiger partial charge in [0.25, 0.3) is 5.91 Å². The second-order valence-corrected chi connectivity index (χ2v) is 6.78. The van der Waals surface area contributed by atoms with E-state index in [1.54, 1.807) is 6.92 Å². The third-order valence-corrected chi connectivity index (χ3v) is 4.87. The number of ether oxygens (including phenoxy) is 1. The van der Waals surface area contributed by atoms with Crippen LogP contribution in [-0.2, 0) is 0 Å². The van der Waals surface area contributed by atoms with Gasteiger partial charge >= 0.3 is 12.3 Å². The van der Waals surface area contributed by atoms with Crippen molar-refractivity contribution in [2.75, 3.05) is 0 Å². The summed E-state index contributed by atoms with van der Waals surface area (Å²) in [5.74, 6) is -0.861. The lowest BCUT2D eigenvalue weighted by Crippen LogP contribution is -2.41. The van der Waals surface area contributed by atoms with Crippen LogP contribution in [0.15, 0.2) is 29.6 Å². The summed E-state index contributed by atoms with van der Waals surface area (Å²) < 4.78 is 67.6. The Morgan fingerprint density at radius 2 is 1.89 bits per heavy atom. The fourth-order valence-corrected chi connectivity index (χ4v) is 3.41. The molecular weight excluding hydrogens is 417 g/mol. The second kappa shape index (κ2) is 6.38. The predicted molar refractivity (Wildman–Crippen MR) is 89.0 cm³/mol. The van der Waals surface area contributed by atoms with Crippen molar-refractivity contribution in [1.82, 2.24) is 4.57 Å². The molecule has 0 saturated heterocycles. The van der Waals surface area contributed by atoms with E-state index >= 15 is 0 Å². The first kappa shape index (κ1) is 19.4. The maximum atomic E-state index is 13.0. The molecule has 0 saturated carbocycles. The van der Waals surface area contributed by atoms with Gasteiger partial charge < -0.3 is 9.84 Å². The molecule has 0 aliphatic carbocycles. The van der Waals surface area contributed by atoms with Gasteiger partial charge in [0.15, 0.2) is 5.06 Å². The van der Waals surface area contributed by atoms with Gasteiger partial charge in [0.05, 0.1) is 16.1 Å². The summed E-state index contributed by atoms with van der Waals surface area (Å²) in [5, 5.41) is 10.4. The minimum atomic E-state index is -5.88. The average Bonchev–Trinajstić information content (AvgIpc) is 3.13. The zero-order valence-electron chi connectivity index (χ0n) is 13.3. The summed E-state index contributed by atoms with van der Waals surface area (Å²) >= 11 is 6.43. The Morgan fingerprint density at radius 3 is 2.52 bits per heavy atom. The van der Waals surface area contributed by atoms with Crippen LogP contribution in [0.25, 0.3) is 10.9 Å². The number of halogens is 6. The predicted octanol–water partition coefficient (Wildman–Crippen LogP) is 5.59. The Morgan fingerprint density at radius 1 is 1.22 bits per heavy atom. The van der Waals surface area contributed by atoms with Crippen molar-refractivity contribution in [2.45, 2.75) is 19.2 Å². The fraction of sp³-hybridized carbons (Fsp3) is 0.188. The maximum Gasteiger partial charge on any atom is 0.499 e. The van der Waals surface area contributed by atoms with Gasteiger partial charge in [-0.15, -0.1) is 11.3 Å². The summed E-state index contributed by atoms with van der Waals surface area (Å²) in [7, 11) is 0. The van der Waals surface area contributed by atoms with Crippen LogP contribution in [0.1, 0.15) is 16.1 Å². The molecule has 0 bridgehead atoms. The second-order valence-electron chi connectivity index (χ2n) is 5.53. The van der Waals surface area contributed by atoms with Gasteiger partial charge in [0.2, 0.25) is 0 Å². The number of hydrogen-bond donors (Lipinski definition) is 1. The smallest absolute Gasteiger partial charge is 0.499 e. The van der Waals surface area contributed by atoms with Crippen LogP contribution < -0.4 is 4.74 Å². The van der Waals surface area contributed by atoms with Crippen molar-refractivity contribution in [3.05, 3.63) is 45.9 Å². The van der Waals surface area contributed by atoms with Gasteiger partial charge in [0.1, 0.15) is 5.75 Å². The van der Waals surface area contributed by atoms with E-state index in [4.69, 9.17) is 11.6 Å². The van der Waals surface area contributed by atoms with Gasteiger partial charge in [-0.2, -0.15) is 22.0 Å². The van der Waals surface area contributed by atoms with Gasteiger partial charge in [-0.3, -0.25) is 9.36 Å². The van der Waals surface area contributed by atoms with E-state index < -0.39 is 23.3 Å². The first-order valence-corrected chi connectivity index (χ1v) is 8.44. The highest BCUT2D eigenvalue weighted by Crippen LogP contribution is 2.40. The van der Waals surface area contributed by atoms with E-state index in [1.807, 2.05) is 0 Å². The van der Waals surface area contributed by atoms with Crippen LogP contribution in [0.2, 0.25) is 5.02 Å². The lowest BCUT2D eigenvalue weighted by molar-refractivity contribution is -0.359. The number of phenolic OH excluding ortho intramolecular Hbond substituents is 1. The number of phenols is 1. The van der Waals surface area contributed by atoms with Crippen molar-refractivity contribution in [3.63, 3.8) is 0 Å². The third-order valence-electron chi connectivity index (χ3n) is 3.67. The Labute approximate surface area is 157 Å². The first-order valence-electron chi connectivity index (χ1n) is 7.18. The standard InChI is InChI=1S/C16H9ClF5NO3S/c1-7-4-9-10(2-3-11(24)13(9)17)23(7)14(25)8-5-12(27-6-8)26-16(21,22)15(18,19)20/h2-6,24H,1H3. The fourth-order valence-electron chi connectivity index (χ4n) is 2.43. The summed E-state index contributed by atoms with van der Waals surface area (Å²) in [6, 6.07) is 5.06. The van der Waals surface area contributed by atoms with Crippen LogP contribution in [-0.4, -0.2) is 27.9 Å². The average molecular weight is 426 g/mol. The molecule has 0 radical (unpaired) electrons. The molecule has 1 N–H and O–H groups in total. The largest absolute Gasteiger partial charge is 0.506 e. The number of aromatic nitrogens is 1. The molecule has 0 atom stereocenters. The Hall–Kier alpha value is -2.33. The maximum absolute atomic E-state index is 13.0. The minimum Gasteiger partial charge on any atom is -0.506 e. The number of rotatable bonds is 3. The zero-order chi connectivity index (χ0) is 20.1. The lowest BCUT2D eigenvalue weighted by atomic mass is 10.2. The molecule has 0 aliphatic heterocycles. The number of nitrogens with zero attached hydrogens (tertiary/aromatic N) is 1. The van der Waals surface area contributed by atoms with Crippen molar-refractivity contribution in [2.24, 2.45) is 0 Å². The zero-order valence-corrected chi connectivity index (χ0v) is 14.8. The quantitative estimate of drug-likeness (QED) is 0.556. The first-order chi connectivity index (χ1) is 12.4. The van der Waals surface area contributed by atoms with Crippen LogP contribution in [0, 0.1) is 6.92 Å². The van der Waals surface area contributed by atoms with Crippen molar-refractivity contribution < 1.29 is 36.6 Å². The molecule has 1 aromatic carbocycles. The number of aromatic hydroxyl groups is 1. The van der Waals surface area contributed by atoms with E-state index in [0.717, 1.165) is 11.4 Å². The van der Waals surface area contributed by atoms with E-state index in [1.165, 1.54) is 22.8 Å². The molecular formula is C16H9ClF5NO3S. The number of hydrogen-bond acceptors (Lipinski definition) is 4. The van der Waals surface area contributed by atoms with Crippen molar-refractivity contribution in [1.29, 1.82) is 0 Å². The monoisotopic (exact) mass is 425 g/mol. The molecule has 0 unspecified atom stereocenters. The Kier molecular flexibility index (Phi) is 4.59. The van der Waals surface area contributed by atoms with Crippen molar-refractivity contribution in [3.8, 4) is 10.8 Å². The number of fused-ring (bicyclic) bond motifs is 1. The molecule has 144 valence electrons. The minimum absolute atomic E-state index is 0.0290. The highest BCUT2D eigenvalue weighted by molar-refractivity contribution is 7.12. The number of thiophene rings is 1. The molecule has 0 fully saturated rings. The third kappa shape index (κ3) is 3.34. The highest BCUT2D eigenvalue weighted by atomic mass is 35.5.